The molecule has 1 amide bonds. The Balaban J connectivity index is 2.47. The van der Waals surface area contributed by atoms with Crippen LogP contribution < -0.4 is 4.31 Å². The highest BCUT2D eigenvalue weighted by atomic mass is 32.2. The van der Waals surface area contributed by atoms with Gasteiger partial charge in [-0.05, 0) is 37.3 Å². The van der Waals surface area contributed by atoms with Gasteiger partial charge in [0, 0.05) is 20.6 Å². The Labute approximate surface area is 133 Å². The van der Waals surface area contributed by atoms with E-state index in [0.29, 0.717) is 18.2 Å². The van der Waals surface area contributed by atoms with Crippen molar-refractivity contribution in [3.63, 3.8) is 0 Å². The van der Waals surface area contributed by atoms with Crippen LogP contribution in [-0.4, -0.2) is 45.1 Å². The second-order valence-electron chi connectivity index (χ2n) is 6.09. The lowest BCUT2D eigenvalue weighted by molar-refractivity contribution is -0.127. The van der Waals surface area contributed by atoms with Crippen molar-refractivity contribution in [3.05, 3.63) is 29.8 Å². The van der Waals surface area contributed by atoms with E-state index < -0.39 is 21.2 Å². The fourth-order valence-corrected chi connectivity index (χ4v) is 4.57. The Morgan fingerprint density at radius 2 is 1.95 bits per heavy atom. The van der Waals surface area contributed by atoms with Crippen LogP contribution in [0.15, 0.2) is 24.3 Å². The highest BCUT2D eigenvalue weighted by Gasteiger charge is 2.36. The van der Waals surface area contributed by atoms with E-state index in [-0.39, 0.29) is 0 Å². The standard InChI is InChI=1S/C16H24N2O3S/c1-12-8-7-11-18(15-10-6-5-9-14(12)15)22(20,21)13(2)16(19)17(3)4/h5-6,9-10,12-13H,7-8,11H2,1-4H3. The molecule has 0 N–H and O–H groups in total. The minimum atomic E-state index is -3.72. The van der Waals surface area contributed by atoms with Crippen LogP contribution in [-0.2, 0) is 14.8 Å². The van der Waals surface area contributed by atoms with Crippen LogP contribution >= 0.6 is 0 Å². The lowest BCUT2D eigenvalue weighted by Gasteiger charge is -2.28. The lowest BCUT2D eigenvalue weighted by Crippen LogP contribution is -2.45. The summed E-state index contributed by atoms with van der Waals surface area (Å²) in [7, 11) is -0.572. The summed E-state index contributed by atoms with van der Waals surface area (Å²) in [6, 6.07) is 7.59. The van der Waals surface area contributed by atoms with E-state index in [9.17, 15) is 13.2 Å². The third-order valence-electron chi connectivity index (χ3n) is 4.28. The van der Waals surface area contributed by atoms with Gasteiger partial charge < -0.3 is 4.90 Å². The van der Waals surface area contributed by atoms with Gasteiger partial charge in [0.1, 0.15) is 0 Å². The van der Waals surface area contributed by atoms with Gasteiger partial charge in [-0.2, -0.15) is 0 Å². The summed E-state index contributed by atoms with van der Waals surface area (Å²) < 4.78 is 27.3. The molecule has 6 heteroatoms. The van der Waals surface area contributed by atoms with Crippen LogP contribution in [0.3, 0.4) is 0 Å². The van der Waals surface area contributed by atoms with Gasteiger partial charge in [0.2, 0.25) is 15.9 Å². The van der Waals surface area contributed by atoms with Crippen LogP contribution in [0.2, 0.25) is 0 Å². The normalized spacial score (nSPS) is 20.0. The van der Waals surface area contributed by atoms with Crippen molar-refractivity contribution in [1.29, 1.82) is 0 Å². The molecule has 1 heterocycles. The first kappa shape index (κ1) is 16.8. The Kier molecular flexibility index (Phi) is 4.80. The molecule has 0 fully saturated rings. The van der Waals surface area contributed by atoms with Gasteiger partial charge in [0.15, 0.2) is 5.25 Å². The second-order valence-corrected chi connectivity index (χ2v) is 8.27. The second kappa shape index (κ2) is 6.28. The first-order chi connectivity index (χ1) is 10.3. The van der Waals surface area contributed by atoms with E-state index in [1.54, 1.807) is 14.1 Å². The van der Waals surface area contributed by atoms with Gasteiger partial charge in [-0.25, -0.2) is 8.42 Å². The SMILES string of the molecule is CC1CCCN(S(=O)(=O)C(C)C(=O)N(C)C)c2ccccc21. The summed E-state index contributed by atoms with van der Waals surface area (Å²) in [5.41, 5.74) is 1.75. The maximum atomic E-state index is 12.9. The summed E-state index contributed by atoms with van der Waals surface area (Å²) in [5, 5.41) is -1.08. The van der Waals surface area contributed by atoms with Crippen molar-refractivity contribution in [2.45, 2.75) is 37.9 Å². The van der Waals surface area contributed by atoms with E-state index in [0.717, 1.165) is 18.4 Å². The molecule has 5 nitrogen and oxygen atoms in total. The number of carbonyl (C=O) groups is 1. The molecule has 2 atom stereocenters. The Morgan fingerprint density at radius 3 is 2.59 bits per heavy atom. The fourth-order valence-electron chi connectivity index (χ4n) is 2.89. The van der Waals surface area contributed by atoms with Gasteiger partial charge in [-0.3, -0.25) is 9.10 Å². The number of rotatable bonds is 3. The van der Waals surface area contributed by atoms with Gasteiger partial charge in [-0.1, -0.05) is 25.1 Å². The maximum Gasteiger partial charge on any atom is 0.246 e. The molecule has 1 aliphatic heterocycles. The first-order valence-corrected chi connectivity index (χ1v) is 9.08. The third kappa shape index (κ3) is 2.97. The molecule has 22 heavy (non-hydrogen) atoms. The predicted molar refractivity (Wildman–Crippen MR) is 88.5 cm³/mol. The number of carbonyl (C=O) groups excluding carboxylic acids is 1. The molecule has 0 spiro atoms. The monoisotopic (exact) mass is 324 g/mol. The zero-order valence-corrected chi connectivity index (χ0v) is 14.4. The summed E-state index contributed by atoms with van der Waals surface area (Å²) in [5.74, 6) is -0.0777. The van der Waals surface area contributed by atoms with Gasteiger partial charge >= 0.3 is 0 Å². The molecule has 122 valence electrons. The molecule has 0 saturated heterocycles. The summed E-state index contributed by atoms with van der Waals surface area (Å²) in [6.45, 7) is 4.01. The van der Waals surface area contributed by atoms with E-state index in [2.05, 4.69) is 6.92 Å². The van der Waals surface area contributed by atoms with Crippen molar-refractivity contribution >= 4 is 21.6 Å². The molecule has 1 aromatic rings. The average Bonchev–Trinajstić information content (AvgIpc) is 2.65. The van der Waals surface area contributed by atoms with Crippen molar-refractivity contribution in [3.8, 4) is 0 Å². The smallest absolute Gasteiger partial charge is 0.246 e. The molecule has 1 aromatic carbocycles. The van der Waals surface area contributed by atoms with Crippen LogP contribution in [0.5, 0.6) is 0 Å². The number of fused-ring (bicyclic) bond motifs is 1. The highest BCUT2D eigenvalue weighted by Crippen LogP contribution is 2.36. The number of benzene rings is 1. The minimum absolute atomic E-state index is 0.316. The zero-order chi connectivity index (χ0) is 16.5. The lowest BCUT2D eigenvalue weighted by atomic mass is 9.96. The molecule has 0 bridgehead atoms. The Hall–Kier alpha value is -1.56. The molecule has 2 unspecified atom stereocenters. The van der Waals surface area contributed by atoms with E-state index in [4.69, 9.17) is 0 Å². The Morgan fingerprint density at radius 1 is 1.32 bits per heavy atom. The fraction of sp³-hybridized carbons (Fsp3) is 0.562. The van der Waals surface area contributed by atoms with Gasteiger partial charge in [0.05, 0.1) is 5.69 Å². The molecular formula is C16H24N2O3S. The summed E-state index contributed by atoms with van der Waals surface area (Å²) >= 11 is 0. The number of sulfonamides is 1. The van der Waals surface area contributed by atoms with Crippen molar-refractivity contribution < 1.29 is 13.2 Å². The van der Waals surface area contributed by atoms with E-state index in [1.807, 2.05) is 24.3 Å². The van der Waals surface area contributed by atoms with E-state index in [1.165, 1.54) is 16.1 Å². The topological polar surface area (TPSA) is 57.7 Å². The maximum absolute atomic E-state index is 12.9. The summed E-state index contributed by atoms with van der Waals surface area (Å²) in [6.07, 6.45) is 1.73. The number of hydrogen-bond acceptors (Lipinski definition) is 3. The minimum Gasteiger partial charge on any atom is -0.348 e. The van der Waals surface area contributed by atoms with Crippen molar-refractivity contribution in [1.82, 2.24) is 4.90 Å². The number of anilines is 1. The Bertz CT molecular complexity index is 655. The molecule has 2 rings (SSSR count). The zero-order valence-electron chi connectivity index (χ0n) is 13.6. The highest BCUT2D eigenvalue weighted by molar-refractivity contribution is 7.94. The predicted octanol–water partition coefficient (Wildman–Crippen LogP) is 2.20. The molecular weight excluding hydrogens is 300 g/mol. The molecule has 0 radical (unpaired) electrons. The van der Waals surface area contributed by atoms with Crippen LogP contribution in [0.25, 0.3) is 0 Å². The largest absolute Gasteiger partial charge is 0.348 e. The number of para-hydroxylation sites is 1. The summed E-state index contributed by atoms with van der Waals surface area (Å²) in [4.78, 5) is 13.4. The molecule has 0 aromatic heterocycles. The first-order valence-electron chi connectivity index (χ1n) is 7.58. The third-order valence-corrected chi connectivity index (χ3v) is 6.37. The van der Waals surface area contributed by atoms with Gasteiger partial charge in [0.25, 0.3) is 0 Å². The van der Waals surface area contributed by atoms with E-state index >= 15 is 0 Å². The van der Waals surface area contributed by atoms with Gasteiger partial charge in [-0.15, -0.1) is 0 Å². The quantitative estimate of drug-likeness (QED) is 0.856. The van der Waals surface area contributed by atoms with Crippen molar-refractivity contribution in [2.24, 2.45) is 0 Å². The van der Waals surface area contributed by atoms with Crippen LogP contribution in [0.4, 0.5) is 5.69 Å². The number of nitrogens with zero attached hydrogens (tertiary/aromatic N) is 2. The average molecular weight is 324 g/mol. The molecule has 0 saturated carbocycles. The number of amides is 1. The van der Waals surface area contributed by atoms with Crippen LogP contribution in [0.1, 0.15) is 38.2 Å². The molecule has 1 aliphatic rings. The number of hydrogen-bond donors (Lipinski definition) is 0. The van der Waals surface area contributed by atoms with Crippen molar-refractivity contribution in [2.75, 3.05) is 24.9 Å². The van der Waals surface area contributed by atoms with Crippen LogP contribution in [0, 0.1) is 0 Å². The molecule has 0 aliphatic carbocycles.